The zero-order chi connectivity index (χ0) is 15.4. The van der Waals surface area contributed by atoms with Gasteiger partial charge < -0.3 is 11.1 Å². The Morgan fingerprint density at radius 2 is 1.86 bits per heavy atom. The van der Waals surface area contributed by atoms with Crippen molar-refractivity contribution in [3.8, 4) is 0 Å². The third-order valence-corrected chi connectivity index (χ3v) is 3.52. The maximum Gasteiger partial charge on any atom is 0.252 e. The molecular weight excluding hydrogens is 332 g/mol. The number of benzene rings is 2. The van der Waals surface area contributed by atoms with Crippen LogP contribution in [0.4, 0.5) is 0 Å². The molecule has 1 atom stereocenters. The fourth-order valence-electron chi connectivity index (χ4n) is 2.01. The molecule has 0 aliphatic heterocycles. The van der Waals surface area contributed by atoms with E-state index in [1.807, 2.05) is 19.1 Å². The Balaban J connectivity index is 2.25. The van der Waals surface area contributed by atoms with E-state index in [2.05, 4.69) is 21.2 Å². The van der Waals surface area contributed by atoms with Gasteiger partial charge in [0.25, 0.3) is 5.91 Å². The molecule has 0 saturated heterocycles. The van der Waals surface area contributed by atoms with Crippen LogP contribution in [0.25, 0.3) is 0 Å². The lowest BCUT2D eigenvalue weighted by Crippen LogP contribution is -2.37. The second-order valence-corrected chi connectivity index (χ2v) is 5.65. The molecule has 0 spiro atoms. The Hall–Kier alpha value is -2.14. The lowest BCUT2D eigenvalue weighted by molar-refractivity contribution is -0.120. The van der Waals surface area contributed by atoms with Gasteiger partial charge in [-0.05, 0) is 36.8 Å². The highest BCUT2D eigenvalue weighted by Crippen LogP contribution is 2.18. The van der Waals surface area contributed by atoms with Crippen molar-refractivity contribution in [2.45, 2.75) is 13.0 Å². The lowest BCUT2D eigenvalue weighted by Gasteiger charge is -2.16. The molecule has 0 aliphatic rings. The van der Waals surface area contributed by atoms with Gasteiger partial charge in [0.05, 0.1) is 0 Å². The van der Waals surface area contributed by atoms with Gasteiger partial charge in [0.2, 0.25) is 5.91 Å². The lowest BCUT2D eigenvalue weighted by atomic mass is 10.1. The zero-order valence-electron chi connectivity index (χ0n) is 11.5. The number of amides is 2. The summed E-state index contributed by atoms with van der Waals surface area (Å²) in [5.41, 5.74) is 7.51. The van der Waals surface area contributed by atoms with Gasteiger partial charge in [0.15, 0.2) is 0 Å². The second-order valence-electron chi connectivity index (χ2n) is 4.73. The minimum atomic E-state index is -0.865. The topological polar surface area (TPSA) is 72.2 Å². The number of carbonyl (C=O) groups is 2. The van der Waals surface area contributed by atoms with Gasteiger partial charge in [-0.15, -0.1) is 0 Å². The summed E-state index contributed by atoms with van der Waals surface area (Å²) < 4.78 is 0.816. The zero-order valence-corrected chi connectivity index (χ0v) is 13.1. The molecule has 0 aromatic heterocycles. The fraction of sp³-hybridized carbons (Fsp3) is 0.125. The average Bonchev–Trinajstić information content (AvgIpc) is 2.44. The highest BCUT2D eigenvalue weighted by molar-refractivity contribution is 9.10. The summed E-state index contributed by atoms with van der Waals surface area (Å²) in [6.07, 6.45) is 0. The predicted octanol–water partition coefficient (Wildman–Crippen LogP) is 2.71. The molecule has 2 aromatic rings. The van der Waals surface area contributed by atoms with Crippen molar-refractivity contribution in [3.63, 3.8) is 0 Å². The highest BCUT2D eigenvalue weighted by atomic mass is 79.9. The summed E-state index contributed by atoms with van der Waals surface area (Å²) in [6, 6.07) is 13.4. The second kappa shape index (κ2) is 6.54. The molecule has 0 radical (unpaired) electrons. The normalized spacial score (nSPS) is 11.7. The maximum atomic E-state index is 12.2. The van der Waals surface area contributed by atoms with Crippen LogP contribution in [0.3, 0.4) is 0 Å². The number of rotatable bonds is 4. The number of nitrogens with two attached hydrogens (primary N) is 1. The van der Waals surface area contributed by atoms with E-state index in [-0.39, 0.29) is 5.91 Å². The SMILES string of the molecule is Cc1cccc(C(=O)N[C@H](C(N)=O)c2cccc(Br)c2)c1. The number of nitrogens with one attached hydrogen (secondary N) is 1. The number of aryl methyl sites for hydroxylation is 1. The molecule has 2 aromatic carbocycles. The third kappa shape index (κ3) is 3.92. The molecule has 0 fully saturated rings. The standard InChI is InChI=1S/C16H15BrN2O2/c1-10-4-2-6-12(8-10)16(21)19-14(15(18)20)11-5-3-7-13(17)9-11/h2-9,14H,1H3,(H2,18,20)(H,19,21)/t14-/m0/s1. The molecular formula is C16H15BrN2O2. The Kier molecular flexibility index (Phi) is 4.75. The first kappa shape index (κ1) is 15.3. The van der Waals surface area contributed by atoms with Crippen LogP contribution in [0.2, 0.25) is 0 Å². The molecule has 0 aliphatic carbocycles. The van der Waals surface area contributed by atoms with Gasteiger partial charge in [-0.2, -0.15) is 0 Å². The van der Waals surface area contributed by atoms with E-state index in [0.717, 1.165) is 10.0 Å². The van der Waals surface area contributed by atoms with Gasteiger partial charge in [-0.25, -0.2) is 0 Å². The van der Waals surface area contributed by atoms with Crippen LogP contribution in [0.5, 0.6) is 0 Å². The number of halogens is 1. The molecule has 3 N–H and O–H groups in total. The Bertz CT molecular complexity index is 685. The molecule has 2 rings (SSSR count). The van der Waals surface area contributed by atoms with Crippen LogP contribution >= 0.6 is 15.9 Å². The summed E-state index contributed by atoms with van der Waals surface area (Å²) in [6.45, 7) is 1.90. The van der Waals surface area contributed by atoms with Gasteiger partial charge in [-0.3, -0.25) is 9.59 Å². The van der Waals surface area contributed by atoms with E-state index >= 15 is 0 Å². The van der Waals surface area contributed by atoms with Gasteiger partial charge in [-0.1, -0.05) is 45.8 Å². The molecule has 5 heteroatoms. The van der Waals surface area contributed by atoms with Crippen LogP contribution < -0.4 is 11.1 Å². The van der Waals surface area contributed by atoms with Crippen LogP contribution in [0.1, 0.15) is 27.5 Å². The minimum Gasteiger partial charge on any atom is -0.368 e. The molecule has 108 valence electrons. The van der Waals surface area contributed by atoms with E-state index in [1.165, 1.54) is 0 Å². The number of hydrogen-bond donors (Lipinski definition) is 2. The monoisotopic (exact) mass is 346 g/mol. The van der Waals surface area contributed by atoms with E-state index in [1.54, 1.807) is 36.4 Å². The van der Waals surface area contributed by atoms with E-state index in [0.29, 0.717) is 11.1 Å². The number of primary amides is 1. The third-order valence-electron chi connectivity index (χ3n) is 3.02. The molecule has 2 amide bonds. The van der Waals surface area contributed by atoms with Gasteiger partial charge in [0.1, 0.15) is 6.04 Å². The van der Waals surface area contributed by atoms with Crippen molar-refractivity contribution in [2.24, 2.45) is 5.73 Å². The van der Waals surface area contributed by atoms with Crippen LogP contribution in [0, 0.1) is 6.92 Å². The van der Waals surface area contributed by atoms with Crippen molar-refractivity contribution in [3.05, 3.63) is 69.7 Å². The molecule has 0 saturated carbocycles. The fourth-order valence-corrected chi connectivity index (χ4v) is 2.42. The van der Waals surface area contributed by atoms with Crippen molar-refractivity contribution in [1.82, 2.24) is 5.32 Å². The molecule has 0 unspecified atom stereocenters. The van der Waals surface area contributed by atoms with Crippen molar-refractivity contribution in [1.29, 1.82) is 0 Å². The largest absolute Gasteiger partial charge is 0.368 e. The summed E-state index contributed by atoms with van der Waals surface area (Å²) in [7, 11) is 0. The highest BCUT2D eigenvalue weighted by Gasteiger charge is 2.21. The average molecular weight is 347 g/mol. The van der Waals surface area contributed by atoms with E-state index in [4.69, 9.17) is 5.73 Å². The summed E-state index contributed by atoms with van der Waals surface area (Å²) in [5, 5.41) is 2.67. The molecule has 0 bridgehead atoms. The first-order chi connectivity index (χ1) is 9.97. The predicted molar refractivity (Wildman–Crippen MR) is 84.7 cm³/mol. The van der Waals surface area contributed by atoms with Crippen molar-refractivity contribution >= 4 is 27.7 Å². The summed E-state index contributed by atoms with van der Waals surface area (Å²) in [4.78, 5) is 23.9. The Labute approximate surface area is 131 Å². The quantitative estimate of drug-likeness (QED) is 0.893. The maximum absolute atomic E-state index is 12.2. The van der Waals surface area contributed by atoms with Crippen molar-refractivity contribution in [2.75, 3.05) is 0 Å². The molecule has 21 heavy (non-hydrogen) atoms. The first-order valence-corrected chi connectivity index (χ1v) is 7.19. The Morgan fingerprint density at radius 3 is 2.48 bits per heavy atom. The molecule has 4 nitrogen and oxygen atoms in total. The first-order valence-electron chi connectivity index (χ1n) is 6.39. The molecule has 0 heterocycles. The van der Waals surface area contributed by atoms with Gasteiger partial charge in [0, 0.05) is 10.0 Å². The van der Waals surface area contributed by atoms with Crippen molar-refractivity contribution < 1.29 is 9.59 Å². The van der Waals surface area contributed by atoms with E-state index in [9.17, 15) is 9.59 Å². The van der Waals surface area contributed by atoms with Crippen LogP contribution in [0.15, 0.2) is 53.0 Å². The number of carbonyl (C=O) groups excluding carboxylic acids is 2. The Morgan fingerprint density at radius 1 is 1.14 bits per heavy atom. The van der Waals surface area contributed by atoms with Crippen LogP contribution in [-0.2, 0) is 4.79 Å². The summed E-state index contributed by atoms with van der Waals surface area (Å²) >= 11 is 3.34. The smallest absolute Gasteiger partial charge is 0.252 e. The van der Waals surface area contributed by atoms with Gasteiger partial charge >= 0.3 is 0 Å². The van der Waals surface area contributed by atoms with Crippen LogP contribution in [-0.4, -0.2) is 11.8 Å². The minimum absolute atomic E-state index is 0.331. The number of hydrogen-bond acceptors (Lipinski definition) is 2. The summed E-state index contributed by atoms with van der Waals surface area (Å²) in [5.74, 6) is -0.934. The van der Waals surface area contributed by atoms with E-state index < -0.39 is 11.9 Å².